The molecule has 0 saturated heterocycles. The van der Waals surface area contributed by atoms with Crippen LogP contribution in [0.1, 0.15) is 0 Å². The molecule has 2 aromatic heterocycles. The van der Waals surface area contributed by atoms with E-state index in [-0.39, 0.29) is 5.75 Å². The Labute approximate surface area is 134 Å². The number of hydrogen-bond acceptors (Lipinski definition) is 5. The molecule has 0 unspecified atom stereocenters. The van der Waals surface area contributed by atoms with Crippen LogP contribution in [0.5, 0.6) is 0 Å². The lowest BCUT2D eigenvalue weighted by Gasteiger charge is -2.00. The fourth-order valence-electron chi connectivity index (χ4n) is 1.78. The third-order valence-corrected chi connectivity index (χ3v) is 3.84. The molecular formula is C13H11ClN6OS. The number of nitrogens with one attached hydrogen (secondary N) is 1. The Morgan fingerprint density at radius 2 is 2.32 bits per heavy atom. The Morgan fingerprint density at radius 1 is 1.45 bits per heavy atom. The topological polar surface area (TPSA) is 102 Å². The number of thioether (sulfide) groups is 1. The van der Waals surface area contributed by atoms with Crippen molar-refractivity contribution in [3.8, 4) is 17.1 Å². The smallest absolute Gasteiger partial charge is 0.227 e. The Kier molecular flexibility index (Phi) is 4.12. The molecule has 1 amide bonds. The van der Waals surface area contributed by atoms with Crippen LogP contribution < -0.4 is 5.73 Å². The van der Waals surface area contributed by atoms with Gasteiger partial charge in [-0.25, -0.2) is 9.67 Å². The van der Waals surface area contributed by atoms with E-state index in [1.807, 2.05) is 24.4 Å². The van der Waals surface area contributed by atoms with Gasteiger partial charge in [0.1, 0.15) is 0 Å². The summed E-state index contributed by atoms with van der Waals surface area (Å²) >= 11 is 7.15. The van der Waals surface area contributed by atoms with E-state index < -0.39 is 5.91 Å². The molecule has 3 rings (SSSR count). The first-order valence-corrected chi connectivity index (χ1v) is 7.62. The third kappa shape index (κ3) is 3.29. The second-order valence-corrected chi connectivity index (χ2v) is 5.75. The lowest BCUT2D eigenvalue weighted by atomic mass is 10.3. The van der Waals surface area contributed by atoms with Gasteiger partial charge in [-0.15, -0.1) is 5.10 Å². The van der Waals surface area contributed by atoms with Gasteiger partial charge in [0, 0.05) is 11.2 Å². The predicted octanol–water partition coefficient (Wildman–Crippen LogP) is 1.89. The van der Waals surface area contributed by atoms with Crippen molar-refractivity contribution in [1.82, 2.24) is 25.0 Å². The maximum Gasteiger partial charge on any atom is 0.227 e. The highest BCUT2D eigenvalue weighted by Crippen LogP contribution is 2.20. The highest BCUT2D eigenvalue weighted by molar-refractivity contribution is 7.99. The fraction of sp³-hybridized carbons (Fsp3) is 0.0769. The molecule has 0 aliphatic heterocycles. The molecule has 0 bridgehead atoms. The number of carbonyl (C=O) groups excluding carboxylic acids is 1. The number of nitrogens with two attached hydrogens (primary N) is 1. The summed E-state index contributed by atoms with van der Waals surface area (Å²) in [4.78, 5) is 15.0. The summed E-state index contributed by atoms with van der Waals surface area (Å²) in [5.41, 5.74) is 6.71. The molecule has 112 valence electrons. The number of nitrogens with zero attached hydrogens (tertiary/aromatic N) is 4. The summed E-state index contributed by atoms with van der Waals surface area (Å²) in [6, 6.07) is 7.37. The molecule has 0 aliphatic rings. The highest BCUT2D eigenvalue weighted by atomic mass is 35.5. The van der Waals surface area contributed by atoms with Crippen LogP contribution in [-0.4, -0.2) is 36.6 Å². The molecule has 0 atom stereocenters. The maximum absolute atomic E-state index is 10.7. The van der Waals surface area contributed by atoms with E-state index in [1.165, 1.54) is 11.8 Å². The molecule has 0 saturated carbocycles. The van der Waals surface area contributed by atoms with Gasteiger partial charge in [0.05, 0.1) is 23.2 Å². The van der Waals surface area contributed by atoms with Gasteiger partial charge in [-0.1, -0.05) is 29.4 Å². The Hall–Kier alpha value is -2.32. The molecule has 0 aliphatic carbocycles. The Morgan fingerprint density at radius 3 is 3.09 bits per heavy atom. The van der Waals surface area contributed by atoms with Crippen molar-refractivity contribution < 1.29 is 4.79 Å². The van der Waals surface area contributed by atoms with Crippen LogP contribution in [-0.2, 0) is 4.79 Å². The SMILES string of the molecule is NC(=O)CSc1n[nH]c(-c2cnn(-c3cccc(Cl)c3)c2)n1. The van der Waals surface area contributed by atoms with Crippen LogP contribution in [0.2, 0.25) is 5.02 Å². The largest absolute Gasteiger partial charge is 0.369 e. The van der Waals surface area contributed by atoms with E-state index in [4.69, 9.17) is 17.3 Å². The van der Waals surface area contributed by atoms with Crippen LogP contribution in [0.15, 0.2) is 41.8 Å². The average Bonchev–Trinajstić information content (AvgIpc) is 3.14. The van der Waals surface area contributed by atoms with Gasteiger partial charge in [-0.05, 0) is 18.2 Å². The van der Waals surface area contributed by atoms with Crippen molar-refractivity contribution >= 4 is 29.3 Å². The fourth-order valence-corrected chi connectivity index (χ4v) is 2.50. The number of H-pyrrole nitrogens is 1. The number of primary amides is 1. The van der Waals surface area contributed by atoms with Crippen LogP contribution in [0.4, 0.5) is 0 Å². The summed E-state index contributed by atoms with van der Waals surface area (Å²) < 4.78 is 1.69. The molecule has 3 aromatic rings. The Bertz CT molecular complexity index is 814. The maximum atomic E-state index is 10.7. The van der Waals surface area contributed by atoms with Crippen molar-refractivity contribution in [3.63, 3.8) is 0 Å². The van der Waals surface area contributed by atoms with Crippen molar-refractivity contribution in [2.45, 2.75) is 5.16 Å². The van der Waals surface area contributed by atoms with E-state index in [1.54, 1.807) is 16.9 Å². The number of amides is 1. The molecular weight excluding hydrogens is 324 g/mol. The molecule has 0 spiro atoms. The van der Waals surface area contributed by atoms with E-state index in [0.717, 1.165) is 11.3 Å². The van der Waals surface area contributed by atoms with Gasteiger partial charge >= 0.3 is 0 Å². The quantitative estimate of drug-likeness (QED) is 0.693. The second-order valence-electron chi connectivity index (χ2n) is 4.38. The predicted molar refractivity (Wildman–Crippen MR) is 83.9 cm³/mol. The standard InChI is InChI=1S/C13H11ClN6OS/c14-9-2-1-3-10(4-9)20-6-8(5-16-20)12-17-13(19-18-12)22-7-11(15)21/h1-6H,7H2,(H2,15,21)(H,17,18,19). The molecule has 3 N–H and O–H groups in total. The van der Waals surface area contributed by atoms with Crippen LogP contribution in [0, 0.1) is 0 Å². The van der Waals surface area contributed by atoms with Crippen molar-refractivity contribution in [3.05, 3.63) is 41.7 Å². The van der Waals surface area contributed by atoms with Crippen molar-refractivity contribution in [2.75, 3.05) is 5.75 Å². The molecule has 0 radical (unpaired) electrons. The monoisotopic (exact) mass is 334 g/mol. The molecule has 2 heterocycles. The number of aromatic nitrogens is 5. The summed E-state index contributed by atoms with van der Waals surface area (Å²) in [6.45, 7) is 0. The Balaban J connectivity index is 1.80. The number of benzene rings is 1. The second kappa shape index (κ2) is 6.20. The van der Waals surface area contributed by atoms with Crippen LogP contribution >= 0.6 is 23.4 Å². The van der Waals surface area contributed by atoms with Gasteiger partial charge in [-0.3, -0.25) is 9.89 Å². The number of rotatable bonds is 5. The number of hydrogen-bond donors (Lipinski definition) is 2. The summed E-state index contributed by atoms with van der Waals surface area (Å²) in [6.07, 6.45) is 3.48. The van der Waals surface area contributed by atoms with Crippen LogP contribution in [0.3, 0.4) is 0 Å². The zero-order valence-corrected chi connectivity index (χ0v) is 12.8. The van der Waals surface area contributed by atoms with Gasteiger partial charge in [0.2, 0.25) is 11.1 Å². The normalized spacial score (nSPS) is 10.8. The zero-order chi connectivity index (χ0) is 15.5. The first-order valence-electron chi connectivity index (χ1n) is 6.26. The molecule has 1 aromatic carbocycles. The number of carbonyl (C=O) groups is 1. The summed E-state index contributed by atoms with van der Waals surface area (Å²) in [5, 5.41) is 12.2. The van der Waals surface area contributed by atoms with Crippen LogP contribution in [0.25, 0.3) is 17.1 Å². The molecule has 22 heavy (non-hydrogen) atoms. The molecule has 0 fully saturated rings. The first kappa shape index (κ1) is 14.6. The minimum atomic E-state index is -0.412. The van der Waals surface area contributed by atoms with E-state index >= 15 is 0 Å². The van der Waals surface area contributed by atoms with E-state index in [2.05, 4.69) is 20.3 Å². The van der Waals surface area contributed by atoms with Gasteiger partial charge < -0.3 is 5.73 Å². The highest BCUT2D eigenvalue weighted by Gasteiger charge is 2.10. The average molecular weight is 335 g/mol. The van der Waals surface area contributed by atoms with Gasteiger partial charge in [0.25, 0.3) is 0 Å². The van der Waals surface area contributed by atoms with E-state index in [0.29, 0.717) is 16.0 Å². The number of aromatic amines is 1. The van der Waals surface area contributed by atoms with Gasteiger partial charge in [-0.2, -0.15) is 5.10 Å². The zero-order valence-electron chi connectivity index (χ0n) is 11.2. The minimum absolute atomic E-state index is 0.138. The van der Waals surface area contributed by atoms with Crippen molar-refractivity contribution in [2.24, 2.45) is 5.73 Å². The summed E-state index contributed by atoms with van der Waals surface area (Å²) in [7, 11) is 0. The number of halogens is 1. The van der Waals surface area contributed by atoms with E-state index in [9.17, 15) is 4.79 Å². The minimum Gasteiger partial charge on any atom is -0.369 e. The molecule has 7 nitrogen and oxygen atoms in total. The lowest BCUT2D eigenvalue weighted by Crippen LogP contribution is -2.13. The molecule has 9 heteroatoms. The third-order valence-electron chi connectivity index (χ3n) is 2.74. The van der Waals surface area contributed by atoms with Gasteiger partial charge in [0.15, 0.2) is 5.82 Å². The summed E-state index contributed by atoms with van der Waals surface area (Å²) in [5.74, 6) is 0.296. The van der Waals surface area contributed by atoms with Crippen molar-refractivity contribution in [1.29, 1.82) is 0 Å². The first-order chi connectivity index (χ1) is 10.6. The lowest BCUT2D eigenvalue weighted by molar-refractivity contribution is -0.115.